The Morgan fingerprint density at radius 2 is 1.81 bits per heavy atom. The van der Waals surface area contributed by atoms with E-state index in [1.807, 2.05) is 38.1 Å². The molecule has 3 nitrogen and oxygen atoms in total. The van der Waals surface area contributed by atoms with Gasteiger partial charge < -0.3 is 0 Å². The van der Waals surface area contributed by atoms with E-state index in [1.165, 1.54) is 0 Å². The van der Waals surface area contributed by atoms with Crippen LogP contribution in [0.15, 0.2) is 57.8 Å². The van der Waals surface area contributed by atoms with Crippen LogP contribution in [0.4, 0.5) is 0 Å². The van der Waals surface area contributed by atoms with Gasteiger partial charge in [0, 0.05) is 12.0 Å². The Morgan fingerprint density at radius 3 is 2.62 bits per heavy atom. The van der Waals surface area contributed by atoms with Crippen LogP contribution < -0.4 is 0 Å². The van der Waals surface area contributed by atoms with Crippen LogP contribution >= 0.6 is 0 Å². The van der Waals surface area contributed by atoms with Crippen LogP contribution in [0.25, 0.3) is 5.57 Å². The van der Waals surface area contributed by atoms with Crippen LogP contribution in [-0.4, -0.2) is 17.3 Å². The second-order valence-corrected chi connectivity index (χ2v) is 5.63. The van der Waals surface area contributed by atoms with Gasteiger partial charge >= 0.3 is 0 Å². The minimum atomic E-state index is -0.0497. The van der Waals surface area contributed by atoms with Crippen LogP contribution in [0, 0.1) is 0 Å². The molecule has 0 N–H and O–H groups in total. The molecule has 0 bridgehead atoms. The number of carbonyl (C=O) groups excluding carboxylic acids is 2. The maximum Gasteiger partial charge on any atom is 0.189 e. The fourth-order valence-electron chi connectivity index (χ4n) is 3.17. The van der Waals surface area contributed by atoms with Crippen LogP contribution in [0.1, 0.15) is 25.0 Å². The zero-order valence-electron chi connectivity index (χ0n) is 11.9. The monoisotopic (exact) mass is 275 g/mol. The Labute approximate surface area is 122 Å². The minimum absolute atomic E-state index is 0.00338. The lowest BCUT2D eigenvalue weighted by Gasteiger charge is -2.19. The Morgan fingerprint density at radius 1 is 1.05 bits per heavy atom. The van der Waals surface area contributed by atoms with Crippen molar-refractivity contribution >= 4 is 22.9 Å². The lowest BCUT2D eigenvalue weighted by Crippen LogP contribution is -2.24. The first kappa shape index (κ1) is 12.2. The van der Waals surface area contributed by atoms with Crippen LogP contribution in [0.5, 0.6) is 0 Å². The summed E-state index contributed by atoms with van der Waals surface area (Å²) in [7, 11) is 0. The highest BCUT2D eigenvalue weighted by Gasteiger charge is 2.38. The number of carbonyl (C=O) groups is 2. The molecule has 1 aromatic rings. The highest BCUT2D eigenvalue weighted by atomic mass is 16.1. The van der Waals surface area contributed by atoms with Crippen molar-refractivity contribution in [3.63, 3.8) is 0 Å². The van der Waals surface area contributed by atoms with Gasteiger partial charge in [0.25, 0.3) is 0 Å². The summed E-state index contributed by atoms with van der Waals surface area (Å²) >= 11 is 0. The van der Waals surface area contributed by atoms with E-state index in [1.54, 1.807) is 6.08 Å². The van der Waals surface area contributed by atoms with Gasteiger partial charge in [-0.2, -0.15) is 0 Å². The Bertz CT molecular complexity index is 863. The third kappa shape index (κ3) is 1.51. The molecule has 1 aliphatic heterocycles. The number of allylic oxidation sites excluding steroid dienone is 5. The van der Waals surface area contributed by atoms with E-state index in [0.29, 0.717) is 23.4 Å². The van der Waals surface area contributed by atoms with Gasteiger partial charge in [0.2, 0.25) is 0 Å². The van der Waals surface area contributed by atoms with Crippen molar-refractivity contribution in [1.29, 1.82) is 0 Å². The number of benzene rings is 1. The summed E-state index contributed by atoms with van der Waals surface area (Å²) in [5, 5.41) is 0. The average molecular weight is 275 g/mol. The van der Waals surface area contributed by atoms with Crippen LogP contribution in [0.3, 0.4) is 0 Å². The molecule has 21 heavy (non-hydrogen) atoms. The molecule has 0 atom stereocenters. The van der Waals surface area contributed by atoms with Gasteiger partial charge in [-0.3, -0.25) is 9.59 Å². The number of hydrogen-bond acceptors (Lipinski definition) is 3. The maximum absolute atomic E-state index is 12.5. The zero-order chi connectivity index (χ0) is 14.7. The minimum Gasteiger partial charge on any atom is -0.292 e. The molecule has 0 aromatic heterocycles. The first-order chi connectivity index (χ1) is 10.1. The number of ketones is 2. The highest BCUT2D eigenvalue weighted by molar-refractivity contribution is 6.61. The predicted molar refractivity (Wildman–Crippen MR) is 81.0 cm³/mol. The zero-order valence-corrected chi connectivity index (χ0v) is 11.9. The summed E-state index contributed by atoms with van der Waals surface area (Å²) < 4.78 is 0. The maximum atomic E-state index is 12.5. The van der Waals surface area contributed by atoms with Crippen LogP contribution in [0.2, 0.25) is 0 Å². The van der Waals surface area contributed by atoms with E-state index in [9.17, 15) is 9.59 Å². The standard InChI is InChI=1S/C18H13NO2/c1-9-7-13(20)16-15-12-6-4-3-5-11(12)8-14(21)18(15)19-17(16)10(9)2/h3-7H,8H2,1-2H3. The largest absolute Gasteiger partial charge is 0.292 e. The average Bonchev–Trinajstić information content (AvgIpc) is 2.87. The summed E-state index contributed by atoms with van der Waals surface area (Å²) in [5.74, 6) is -0.0530. The summed E-state index contributed by atoms with van der Waals surface area (Å²) in [4.78, 5) is 29.3. The molecule has 3 heteroatoms. The molecule has 102 valence electrons. The Kier molecular flexibility index (Phi) is 2.31. The second-order valence-electron chi connectivity index (χ2n) is 5.63. The first-order valence-corrected chi connectivity index (χ1v) is 6.97. The van der Waals surface area contributed by atoms with E-state index in [-0.39, 0.29) is 11.6 Å². The molecule has 0 amide bonds. The molecule has 1 heterocycles. The molecular weight excluding hydrogens is 262 g/mol. The van der Waals surface area contributed by atoms with Gasteiger partial charge in [-0.15, -0.1) is 0 Å². The number of rotatable bonds is 0. The normalized spacial score (nSPS) is 20.1. The molecule has 1 aromatic carbocycles. The van der Waals surface area contributed by atoms with Gasteiger partial charge in [-0.05, 0) is 42.2 Å². The third-order valence-corrected chi connectivity index (χ3v) is 4.39. The van der Waals surface area contributed by atoms with Crippen molar-refractivity contribution in [2.75, 3.05) is 0 Å². The van der Waals surface area contributed by atoms with E-state index < -0.39 is 0 Å². The van der Waals surface area contributed by atoms with Crippen molar-refractivity contribution in [2.45, 2.75) is 20.3 Å². The van der Waals surface area contributed by atoms with E-state index in [4.69, 9.17) is 0 Å². The fraction of sp³-hybridized carbons (Fsp3) is 0.167. The second kappa shape index (κ2) is 3.98. The molecule has 0 saturated heterocycles. The Hall–Kier alpha value is -2.55. The van der Waals surface area contributed by atoms with Crippen molar-refractivity contribution < 1.29 is 9.59 Å². The molecule has 4 rings (SSSR count). The SMILES string of the molecule is CC1=CC(=O)C2=C3C(=NC2=C1C)C(=O)Cc1ccccc13. The summed E-state index contributed by atoms with van der Waals surface area (Å²) in [5.41, 5.74) is 6.28. The summed E-state index contributed by atoms with van der Waals surface area (Å²) in [6.07, 6.45) is 2.00. The van der Waals surface area contributed by atoms with Gasteiger partial charge in [-0.25, -0.2) is 4.99 Å². The molecule has 3 aliphatic rings. The molecule has 0 radical (unpaired) electrons. The van der Waals surface area contributed by atoms with E-state index >= 15 is 0 Å². The van der Waals surface area contributed by atoms with Crippen molar-refractivity contribution in [2.24, 2.45) is 4.99 Å². The molecular formula is C18H13NO2. The number of hydrogen-bond donors (Lipinski definition) is 0. The van der Waals surface area contributed by atoms with Gasteiger partial charge in [0.1, 0.15) is 5.71 Å². The summed E-state index contributed by atoms with van der Waals surface area (Å²) in [6, 6.07) is 7.77. The quantitative estimate of drug-likeness (QED) is 0.731. The highest BCUT2D eigenvalue weighted by Crippen LogP contribution is 2.42. The lowest BCUT2D eigenvalue weighted by molar-refractivity contribution is -0.112. The topological polar surface area (TPSA) is 46.5 Å². The lowest BCUT2D eigenvalue weighted by atomic mass is 9.81. The number of nitrogens with zero attached hydrogens (tertiary/aromatic N) is 1. The van der Waals surface area contributed by atoms with E-state index in [0.717, 1.165) is 27.8 Å². The molecule has 0 unspecified atom stereocenters. The van der Waals surface area contributed by atoms with Gasteiger partial charge in [-0.1, -0.05) is 24.3 Å². The molecule has 2 aliphatic carbocycles. The van der Waals surface area contributed by atoms with Gasteiger partial charge in [0.05, 0.1) is 11.3 Å². The number of Topliss-reactive ketones (excluding diaryl/α,β-unsaturated/α-hetero) is 1. The Balaban J connectivity index is 2.10. The smallest absolute Gasteiger partial charge is 0.189 e. The third-order valence-electron chi connectivity index (χ3n) is 4.39. The molecule has 0 fully saturated rings. The first-order valence-electron chi connectivity index (χ1n) is 6.97. The van der Waals surface area contributed by atoms with Gasteiger partial charge in [0.15, 0.2) is 11.6 Å². The molecule has 0 spiro atoms. The van der Waals surface area contributed by atoms with Crippen molar-refractivity contribution in [3.05, 3.63) is 63.9 Å². The fourth-order valence-corrected chi connectivity index (χ4v) is 3.17. The summed E-state index contributed by atoms with van der Waals surface area (Å²) in [6.45, 7) is 3.85. The number of aliphatic imine (C=N–C) groups is 1. The predicted octanol–water partition coefficient (Wildman–Crippen LogP) is 2.82. The van der Waals surface area contributed by atoms with Crippen LogP contribution in [-0.2, 0) is 16.0 Å². The van der Waals surface area contributed by atoms with E-state index in [2.05, 4.69) is 4.99 Å². The van der Waals surface area contributed by atoms with Crippen molar-refractivity contribution in [1.82, 2.24) is 0 Å². The van der Waals surface area contributed by atoms with Crippen molar-refractivity contribution in [3.8, 4) is 0 Å². The molecule has 0 saturated carbocycles. The number of fused-ring (bicyclic) bond motifs is 4.